The van der Waals surface area contributed by atoms with Crippen molar-refractivity contribution in [1.82, 2.24) is 15.0 Å². The second-order valence-corrected chi connectivity index (χ2v) is 4.19. The number of H-pyrrole nitrogens is 1. The monoisotopic (exact) mass is 266 g/mol. The SMILES string of the molecule is c1ccc(Oc2ccc(NCc3ncc[nH]3)cn2)cc1. The van der Waals surface area contributed by atoms with Crippen LogP contribution in [0.3, 0.4) is 0 Å². The van der Waals surface area contributed by atoms with Gasteiger partial charge in [-0.1, -0.05) is 18.2 Å². The molecule has 0 aliphatic rings. The first-order valence-electron chi connectivity index (χ1n) is 6.31. The summed E-state index contributed by atoms with van der Waals surface area (Å²) in [4.78, 5) is 11.4. The predicted octanol–water partition coefficient (Wildman–Crippen LogP) is 3.21. The zero-order chi connectivity index (χ0) is 13.6. The summed E-state index contributed by atoms with van der Waals surface area (Å²) >= 11 is 0. The number of para-hydroxylation sites is 1. The Balaban J connectivity index is 1.60. The predicted molar refractivity (Wildman–Crippen MR) is 76.7 cm³/mol. The van der Waals surface area contributed by atoms with Crippen molar-refractivity contribution in [2.24, 2.45) is 0 Å². The van der Waals surface area contributed by atoms with Crippen LogP contribution in [0.25, 0.3) is 0 Å². The fourth-order valence-corrected chi connectivity index (χ4v) is 1.73. The van der Waals surface area contributed by atoms with Crippen molar-refractivity contribution in [3.63, 3.8) is 0 Å². The summed E-state index contributed by atoms with van der Waals surface area (Å²) in [6.45, 7) is 0.633. The lowest BCUT2D eigenvalue weighted by atomic mass is 10.3. The van der Waals surface area contributed by atoms with Gasteiger partial charge in [0, 0.05) is 18.5 Å². The van der Waals surface area contributed by atoms with Crippen molar-refractivity contribution in [2.45, 2.75) is 6.54 Å². The molecule has 0 amide bonds. The Morgan fingerprint density at radius 2 is 1.95 bits per heavy atom. The number of ether oxygens (including phenoxy) is 1. The zero-order valence-electron chi connectivity index (χ0n) is 10.8. The van der Waals surface area contributed by atoms with Crippen molar-refractivity contribution >= 4 is 5.69 Å². The van der Waals surface area contributed by atoms with E-state index in [1.807, 2.05) is 42.5 Å². The van der Waals surface area contributed by atoms with Crippen molar-refractivity contribution in [2.75, 3.05) is 5.32 Å². The number of anilines is 1. The summed E-state index contributed by atoms with van der Waals surface area (Å²) in [5.41, 5.74) is 0.918. The molecule has 0 saturated carbocycles. The Bertz CT molecular complexity index is 635. The average molecular weight is 266 g/mol. The van der Waals surface area contributed by atoms with Crippen molar-refractivity contribution < 1.29 is 4.74 Å². The minimum absolute atomic E-state index is 0.569. The molecule has 2 aromatic heterocycles. The van der Waals surface area contributed by atoms with Gasteiger partial charge >= 0.3 is 0 Å². The zero-order valence-corrected chi connectivity index (χ0v) is 10.8. The van der Waals surface area contributed by atoms with Crippen LogP contribution in [0.5, 0.6) is 11.6 Å². The molecule has 0 bridgehead atoms. The first-order valence-corrected chi connectivity index (χ1v) is 6.31. The lowest BCUT2D eigenvalue weighted by molar-refractivity contribution is 0.463. The molecule has 3 rings (SSSR count). The fourth-order valence-electron chi connectivity index (χ4n) is 1.73. The lowest BCUT2D eigenvalue weighted by Gasteiger charge is -2.06. The van der Waals surface area contributed by atoms with E-state index in [-0.39, 0.29) is 0 Å². The van der Waals surface area contributed by atoms with Gasteiger partial charge in [-0.25, -0.2) is 9.97 Å². The molecule has 2 N–H and O–H groups in total. The van der Waals surface area contributed by atoms with Crippen LogP contribution < -0.4 is 10.1 Å². The van der Waals surface area contributed by atoms with Gasteiger partial charge in [0.25, 0.3) is 0 Å². The van der Waals surface area contributed by atoms with Crippen LogP contribution in [0.15, 0.2) is 61.1 Å². The minimum Gasteiger partial charge on any atom is -0.439 e. The third-order valence-electron chi connectivity index (χ3n) is 2.72. The summed E-state index contributed by atoms with van der Waals surface area (Å²) in [7, 11) is 0. The number of nitrogens with zero attached hydrogens (tertiary/aromatic N) is 2. The molecule has 0 radical (unpaired) electrons. The Morgan fingerprint density at radius 3 is 2.65 bits per heavy atom. The first-order chi connectivity index (χ1) is 9.90. The number of benzene rings is 1. The standard InChI is InChI=1S/C15H14N4O/c1-2-4-13(5-3-1)20-15-7-6-12(10-19-15)18-11-14-16-8-9-17-14/h1-10,18H,11H2,(H,16,17). The van der Waals surface area contributed by atoms with Gasteiger partial charge in [0.1, 0.15) is 11.6 Å². The largest absolute Gasteiger partial charge is 0.439 e. The van der Waals surface area contributed by atoms with Gasteiger partial charge in [-0.2, -0.15) is 0 Å². The smallest absolute Gasteiger partial charge is 0.219 e. The van der Waals surface area contributed by atoms with Gasteiger partial charge in [-0.05, 0) is 18.2 Å². The van der Waals surface area contributed by atoms with E-state index in [1.165, 1.54) is 0 Å². The van der Waals surface area contributed by atoms with Gasteiger partial charge in [0.05, 0.1) is 18.4 Å². The third-order valence-corrected chi connectivity index (χ3v) is 2.72. The summed E-state index contributed by atoms with van der Waals surface area (Å²) in [5.74, 6) is 2.23. The summed E-state index contributed by atoms with van der Waals surface area (Å²) in [6, 6.07) is 13.3. The number of aromatic amines is 1. The molecule has 0 aliphatic heterocycles. The highest BCUT2D eigenvalue weighted by molar-refractivity contribution is 5.42. The molecule has 100 valence electrons. The third kappa shape index (κ3) is 3.14. The highest BCUT2D eigenvalue weighted by Crippen LogP contribution is 2.19. The van der Waals surface area contributed by atoms with Crippen molar-refractivity contribution in [1.29, 1.82) is 0 Å². The molecule has 0 atom stereocenters. The molecule has 20 heavy (non-hydrogen) atoms. The van der Waals surface area contributed by atoms with Crippen LogP contribution in [-0.2, 0) is 6.54 Å². The van der Waals surface area contributed by atoms with Gasteiger partial charge in [0.15, 0.2) is 0 Å². The molecular weight excluding hydrogens is 252 g/mol. The maximum Gasteiger partial charge on any atom is 0.219 e. The molecule has 1 aromatic carbocycles. The number of rotatable bonds is 5. The van der Waals surface area contributed by atoms with Crippen LogP contribution in [0, 0.1) is 0 Å². The Hall–Kier alpha value is -2.82. The van der Waals surface area contributed by atoms with E-state index in [2.05, 4.69) is 20.3 Å². The quantitative estimate of drug-likeness (QED) is 0.744. The average Bonchev–Trinajstić information content (AvgIpc) is 3.01. The van der Waals surface area contributed by atoms with Crippen LogP contribution >= 0.6 is 0 Å². The normalized spacial score (nSPS) is 10.2. The van der Waals surface area contributed by atoms with Crippen molar-refractivity contribution in [3.8, 4) is 11.6 Å². The van der Waals surface area contributed by atoms with E-state index in [1.54, 1.807) is 18.6 Å². The van der Waals surface area contributed by atoms with Crippen molar-refractivity contribution in [3.05, 3.63) is 66.9 Å². The van der Waals surface area contributed by atoms with E-state index >= 15 is 0 Å². The molecule has 0 unspecified atom stereocenters. The highest BCUT2D eigenvalue weighted by atomic mass is 16.5. The van der Waals surface area contributed by atoms with E-state index < -0.39 is 0 Å². The van der Waals surface area contributed by atoms with Crippen LogP contribution in [0.1, 0.15) is 5.82 Å². The molecule has 2 heterocycles. The number of aromatic nitrogens is 3. The molecule has 5 nitrogen and oxygen atoms in total. The lowest BCUT2D eigenvalue weighted by Crippen LogP contribution is -2.01. The maximum atomic E-state index is 5.63. The number of hydrogen-bond acceptors (Lipinski definition) is 4. The van der Waals surface area contributed by atoms with E-state index in [0.29, 0.717) is 12.4 Å². The van der Waals surface area contributed by atoms with E-state index in [0.717, 1.165) is 17.3 Å². The molecule has 5 heteroatoms. The fraction of sp³-hybridized carbons (Fsp3) is 0.0667. The number of nitrogens with one attached hydrogen (secondary N) is 2. The number of imidazole rings is 1. The minimum atomic E-state index is 0.569. The van der Waals surface area contributed by atoms with Gasteiger partial charge < -0.3 is 15.0 Å². The molecule has 3 aromatic rings. The van der Waals surface area contributed by atoms with E-state index in [9.17, 15) is 0 Å². The summed E-state index contributed by atoms with van der Waals surface area (Å²) in [6.07, 6.45) is 5.26. The molecule has 0 fully saturated rings. The summed E-state index contributed by atoms with van der Waals surface area (Å²) in [5, 5.41) is 3.23. The van der Waals surface area contributed by atoms with Crippen LogP contribution in [0.4, 0.5) is 5.69 Å². The van der Waals surface area contributed by atoms with Gasteiger partial charge in [0.2, 0.25) is 5.88 Å². The van der Waals surface area contributed by atoms with Crippen LogP contribution in [0.2, 0.25) is 0 Å². The Kier molecular flexibility index (Phi) is 3.59. The highest BCUT2D eigenvalue weighted by Gasteiger charge is 1.99. The Labute approximate surface area is 116 Å². The number of pyridine rings is 1. The molecule has 0 spiro atoms. The van der Waals surface area contributed by atoms with Gasteiger partial charge in [-0.3, -0.25) is 0 Å². The van der Waals surface area contributed by atoms with Gasteiger partial charge in [-0.15, -0.1) is 0 Å². The topological polar surface area (TPSA) is 62.8 Å². The summed E-state index contributed by atoms with van der Waals surface area (Å²) < 4.78 is 5.63. The first kappa shape index (κ1) is 12.2. The molecule has 0 aliphatic carbocycles. The number of hydrogen-bond donors (Lipinski definition) is 2. The second kappa shape index (κ2) is 5.88. The Morgan fingerprint density at radius 1 is 1.05 bits per heavy atom. The molecule has 0 saturated heterocycles. The second-order valence-electron chi connectivity index (χ2n) is 4.19. The maximum absolute atomic E-state index is 5.63. The van der Waals surface area contributed by atoms with Crippen LogP contribution in [-0.4, -0.2) is 15.0 Å². The molecular formula is C15H14N4O. The van der Waals surface area contributed by atoms with E-state index in [4.69, 9.17) is 4.74 Å².